The standard InChI is InChI=1S/C24H30N4O3/c1-15-4-9-21-22(28(15)16(2)29)11-10-20(17-12-25-27(13-17)19-7-8-19)24(21)31-14-23(30)26(3)18-5-6-18/h10-13,15,18-19H,4-9,14H2,1-3H3. The fourth-order valence-electron chi connectivity index (χ4n) is 4.59. The average molecular weight is 423 g/mol. The lowest BCUT2D eigenvalue weighted by Gasteiger charge is -2.36. The van der Waals surface area contributed by atoms with Crippen LogP contribution in [0.15, 0.2) is 24.5 Å². The maximum atomic E-state index is 12.7. The fraction of sp³-hybridized carbons (Fsp3) is 0.542. The Morgan fingerprint density at radius 3 is 2.65 bits per heavy atom. The highest BCUT2D eigenvalue weighted by Gasteiger charge is 2.32. The second-order valence-corrected chi connectivity index (χ2v) is 9.18. The van der Waals surface area contributed by atoms with Crippen LogP contribution in [0, 0.1) is 0 Å². The van der Waals surface area contributed by atoms with E-state index in [1.165, 1.54) is 12.8 Å². The summed E-state index contributed by atoms with van der Waals surface area (Å²) in [5.41, 5.74) is 3.82. The molecule has 31 heavy (non-hydrogen) atoms. The molecule has 5 rings (SSSR count). The third-order valence-electron chi connectivity index (χ3n) is 6.75. The van der Waals surface area contributed by atoms with Gasteiger partial charge in [0.2, 0.25) is 5.91 Å². The highest BCUT2D eigenvalue weighted by Crippen LogP contribution is 2.44. The first-order valence-electron chi connectivity index (χ1n) is 11.3. The van der Waals surface area contributed by atoms with Gasteiger partial charge >= 0.3 is 0 Å². The molecule has 2 amide bonds. The Morgan fingerprint density at radius 1 is 1.19 bits per heavy atom. The van der Waals surface area contributed by atoms with E-state index in [9.17, 15) is 9.59 Å². The molecule has 2 aliphatic carbocycles. The number of ether oxygens (including phenoxy) is 1. The first kappa shape index (κ1) is 20.1. The predicted molar refractivity (Wildman–Crippen MR) is 118 cm³/mol. The van der Waals surface area contributed by atoms with Crippen LogP contribution in [-0.2, 0) is 16.0 Å². The minimum atomic E-state index is -0.00710. The summed E-state index contributed by atoms with van der Waals surface area (Å²) in [4.78, 5) is 28.7. The minimum Gasteiger partial charge on any atom is -0.483 e. The Labute approximate surface area is 183 Å². The third kappa shape index (κ3) is 3.82. The molecule has 0 radical (unpaired) electrons. The van der Waals surface area contributed by atoms with Crippen molar-refractivity contribution in [3.63, 3.8) is 0 Å². The van der Waals surface area contributed by atoms with Gasteiger partial charge < -0.3 is 14.5 Å². The molecule has 1 aromatic heterocycles. The molecule has 0 spiro atoms. The third-order valence-corrected chi connectivity index (χ3v) is 6.75. The quantitative estimate of drug-likeness (QED) is 0.714. The molecule has 0 N–H and O–H groups in total. The highest BCUT2D eigenvalue weighted by molar-refractivity contribution is 5.95. The summed E-state index contributed by atoms with van der Waals surface area (Å²) >= 11 is 0. The van der Waals surface area contributed by atoms with Crippen LogP contribution >= 0.6 is 0 Å². The van der Waals surface area contributed by atoms with Crippen LogP contribution < -0.4 is 9.64 Å². The summed E-state index contributed by atoms with van der Waals surface area (Å²) in [6, 6.07) is 5.01. The molecule has 2 saturated carbocycles. The molecular weight excluding hydrogens is 392 g/mol. The number of amides is 2. The fourth-order valence-corrected chi connectivity index (χ4v) is 4.59. The number of rotatable bonds is 6. The molecule has 1 unspecified atom stereocenters. The molecule has 1 aliphatic heterocycles. The topological polar surface area (TPSA) is 67.7 Å². The molecule has 2 heterocycles. The summed E-state index contributed by atoms with van der Waals surface area (Å²) in [5, 5.41) is 4.54. The van der Waals surface area contributed by atoms with Gasteiger partial charge in [-0.15, -0.1) is 0 Å². The van der Waals surface area contributed by atoms with Gasteiger partial charge in [-0.05, 0) is 57.6 Å². The van der Waals surface area contributed by atoms with Crippen molar-refractivity contribution < 1.29 is 14.3 Å². The van der Waals surface area contributed by atoms with Gasteiger partial charge in [0.25, 0.3) is 5.91 Å². The number of hydrogen-bond donors (Lipinski definition) is 0. The summed E-state index contributed by atoms with van der Waals surface area (Å²) in [6.07, 6.45) is 10.1. The molecular formula is C24H30N4O3. The smallest absolute Gasteiger partial charge is 0.260 e. The summed E-state index contributed by atoms with van der Waals surface area (Å²) in [6.45, 7) is 3.68. The number of fused-ring (bicyclic) bond motifs is 1. The minimum absolute atomic E-state index is 0.00282. The van der Waals surface area contributed by atoms with Gasteiger partial charge in [0.1, 0.15) is 5.75 Å². The number of likely N-dealkylation sites (N-methyl/N-ethyl adjacent to an activating group) is 1. The van der Waals surface area contributed by atoms with E-state index in [2.05, 4.69) is 18.2 Å². The van der Waals surface area contributed by atoms with Crippen LogP contribution in [0.3, 0.4) is 0 Å². The van der Waals surface area contributed by atoms with Gasteiger partial charge in [0.05, 0.1) is 17.9 Å². The number of aromatic nitrogens is 2. The molecule has 7 heteroatoms. The SMILES string of the molecule is CC(=O)N1c2ccc(-c3cnn(C4CC4)c3)c(OCC(=O)N(C)C3CC3)c2CCC1C. The highest BCUT2D eigenvalue weighted by atomic mass is 16.5. The Bertz CT molecular complexity index is 1020. The van der Waals surface area contributed by atoms with Crippen LogP contribution in [0.5, 0.6) is 5.75 Å². The Balaban J connectivity index is 1.52. The van der Waals surface area contributed by atoms with Crippen molar-refractivity contribution in [2.24, 2.45) is 0 Å². The number of carbonyl (C=O) groups is 2. The number of carbonyl (C=O) groups excluding carboxylic acids is 2. The van der Waals surface area contributed by atoms with Crippen molar-refractivity contribution in [2.45, 2.75) is 70.5 Å². The van der Waals surface area contributed by atoms with E-state index in [1.54, 1.807) is 11.8 Å². The maximum Gasteiger partial charge on any atom is 0.260 e. The number of anilines is 1. The molecule has 0 saturated heterocycles. The number of hydrogen-bond acceptors (Lipinski definition) is 4. The van der Waals surface area contributed by atoms with Crippen molar-refractivity contribution in [2.75, 3.05) is 18.6 Å². The van der Waals surface area contributed by atoms with Gasteiger partial charge in [0.15, 0.2) is 6.61 Å². The van der Waals surface area contributed by atoms with Crippen molar-refractivity contribution in [1.29, 1.82) is 0 Å². The molecule has 1 atom stereocenters. The predicted octanol–water partition coefficient (Wildman–Crippen LogP) is 3.57. The van der Waals surface area contributed by atoms with E-state index in [-0.39, 0.29) is 24.5 Å². The van der Waals surface area contributed by atoms with Crippen LogP contribution in [0.25, 0.3) is 11.1 Å². The van der Waals surface area contributed by atoms with Crippen molar-refractivity contribution in [3.8, 4) is 16.9 Å². The first-order valence-corrected chi connectivity index (χ1v) is 11.3. The van der Waals surface area contributed by atoms with Crippen LogP contribution in [0.4, 0.5) is 5.69 Å². The lowest BCUT2D eigenvalue weighted by Crippen LogP contribution is -2.41. The Morgan fingerprint density at radius 2 is 1.97 bits per heavy atom. The van der Waals surface area contributed by atoms with E-state index in [4.69, 9.17) is 4.74 Å². The zero-order valence-electron chi connectivity index (χ0n) is 18.5. The second kappa shape index (κ2) is 7.70. The van der Waals surface area contributed by atoms with Crippen molar-refractivity contribution in [3.05, 3.63) is 30.1 Å². The molecule has 164 valence electrons. The molecule has 2 aromatic rings. The molecule has 3 aliphatic rings. The molecule has 7 nitrogen and oxygen atoms in total. The van der Waals surface area contributed by atoms with Crippen LogP contribution in [0.2, 0.25) is 0 Å². The second-order valence-electron chi connectivity index (χ2n) is 9.18. The van der Waals surface area contributed by atoms with Gasteiger partial charge in [-0.25, -0.2) is 0 Å². The average Bonchev–Trinajstić information content (AvgIpc) is 3.69. The molecule has 1 aromatic carbocycles. The largest absolute Gasteiger partial charge is 0.483 e. The zero-order chi connectivity index (χ0) is 21.7. The summed E-state index contributed by atoms with van der Waals surface area (Å²) in [7, 11) is 1.85. The lowest BCUT2D eigenvalue weighted by molar-refractivity contribution is -0.132. The number of benzene rings is 1. The van der Waals surface area contributed by atoms with Crippen molar-refractivity contribution >= 4 is 17.5 Å². The van der Waals surface area contributed by atoms with E-state index >= 15 is 0 Å². The molecule has 0 bridgehead atoms. The van der Waals surface area contributed by atoms with Crippen LogP contribution in [-0.4, -0.2) is 52.2 Å². The Kier molecular flexibility index (Phi) is 4.99. The van der Waals surface area contributed by atoms with Gasteiger partial charge in [-0.1, -0.05) is 0 Å². The maximum absolute atomic E-state index is 12.7. The van der Waals surface area contributed by atoms with E-state index < -0.39 is 0 Å². The summed E-state index contributed by atoms with van der Waals surface area (Å²) in [5.74, 6) is 0.731. The summed E-state index contributed by atoms with van der Waals surface area (Å²) < 4.78 is 8.26. The lowest BCUT2D eigenvalue weighted by atomic mass is 9.92. The monoisotopic (exact) mass is 422 g/mol. The molecule has 2 fully saturated rings. The van der Waals surface area contributed by atoms with Gasteiger partial charge in [0, 0.05) is 48.9 Å². The number of nitrogens with zero attached hydrogens (tertiary/aromatic N) is 4. The van der Waals surface area contributed by atoms with Gasteiger partial charge in [-0.3, -0.25) is 14.3 Å². The van der Waals surface area contributed by atoms with Crippen molar-refractivity contribution in [1.82, 2.24) is 14.7 Å². The van der Waals surface area contributed by atoms with Gasteiger partial charge in [-0.2, -0.15) is 5.10 Å². The van der Waals surface area contributed by atoms with E-state index in [0.29, 0.717) is 17.8 Å². The van der Waals surface area contributed by atoms with E-state index in [0.717, 1.165) is 48.1 Å². The zero-order valence-corrected chi connectivity index (χ0v) is 18.5. The first-order chi connectivity index (χ1) is 14.9. The normalized spacial score (nSPS) is 20.4. The Hall–Kier alpha value is -2.83. The van der Waals surface area contributed by atoms with Crippen LogP contribution in [0.1, 0.15) is 57.6 Å². The van der Waals surface area contributed by atoms with E-state index in [1.807, 2.05) is 35.0 Å².